The van der Waals surface area contributed by atoms with Gasteiger partial charge in [-0.15, -0.1) is 0 Å². The molecular weight excluding hydrogens is 273 g/mol. The van der Waals surface area contributed by atoms with Gasteiger partial charge in [0.15, 0.2) is 5.76 Å². The van der Waals surface area contributed by atoms with E-state index in [-0.39, 0.29) is 5.82 Å². The van der Waals surface area contributed by atoms with Crippen molar-refractivity contribution in [1.82, 2.24) is 5.16 Å². The van der Waals surface area contributed by atoms with Crippen LogP contribution >= 0.6 is 15.9 Å². The van der Waals surface area contributed by atoms with E-state index >= 15 is 0 Å². The molecule has 84 valence electrons. The summed E-state index contributed by atoms with van der Waals surface area (Å²) in [5.74, 6) is 0.229. The van der Waals surface area contributed by atoms with Gasteiger partial charge in [0.25, 0.3) is 0 Å². The number of hydrogen-bond acceptors (Lipinski definition) is 2. The number of aromatic nitrogens is 1. The molecular formula is C12H11BrFNO. The van der Waals surface area contributed by atoms with Crippen molar-refractivity contribution in [3.05, 3.63) is 40.8 Å². The lowest BCUT2D eigenvalue weighted by Crippen LogP contribution is -1.87. The molecule has 1 heterocycles. The predicted octanol–water partition coefficient (Wildman–Crippen LogP) is 3.99. The third-order valence-corrected chi connectivity index (χ3v) is 3.05. The zero-order valence-corrected chi connectivity index (χ0v) is 10.6. The maximum atomic E-state index is 13.7. The van der Waals surface area contributed by atoms with Gasteiger partial charge in [-0.25, -0.2) is 4.39 Å². The van der Waals surface area contributed by atoms with E-state index in [1.165, 1.54) is 6.07 Å². The third kappa shape index (κ3) is 1.89. The van der Waals surface area contributed by atoms with Crippen LogP contribution in [0.3, 0.4) is 0 Å². The molecule has 1 aromatic carbocycles. The van der Waals surface area contributed by atoms with Crippen LogP contribution in [0.1, 0.15) is 16.8 Å². The van der Waals surface area contributed by atoms with Gasteiger partial charge in [0, 0.05) is 10.9 Å². The molecule has 0 fully saturated rings. The van der Waals surface area contributed by atoms with Crippen molar-refractivity contribution < 1.29 is 8.91 Å². The highest BCUT2D eigenvalue weighted by molar-refractivity contribution is 9.08. The van der Waals surface area contributed by atoms with Crippen molar-refractivity contribution in [3.8, 4) is 11.3 Å². The molecule has 0 spiro atoms. The van der Waals surface area contributed by atoms with Crippen molar-refractivity contribution in [2.45, 2.75) is 19.2 Å². The molecule has 0 aliphatic carbocycles. The Hall–Kier alpha value is -1.16. The zero-order chi connectivity index (χ0) is 11.7. The molecule has 2 aromatic rings. The summed E-state index contributed by atoms with van der Waals surface area (Å²) in [5.41, 5.74) is 3.02. The minimum atomic E-state index is -0.277. The summed E-state index contributed by atoms with van der Waals surface area (Å²) in [7, 11) is 0. The molecule has 0 aliphatic rings. The SMILES string of the molecule is Cc1ccc(-c2onc(CBr)c2C)c(F)c1. The third-order valence-electron chi connectivity index (χ3n) is 2.52. The summed E-state index contributed by atoms with van der Waals surface area (Å²) < 4.78 is 18.9. The normalized spacial score (nSPS) is 10.8. The number of rotatable bonds is 2. The lowest BCUT2D eigenvalue weighted by atomic mass is 10.1. The van der Waals surface area contributed by atoms with Crippen LogP contribution < -0.4 is 0 Å². The fourth-order valence-electron chi connectivity index (χ4n) is 1.55. The first kappa shape index (κ1) is 11.3. The summed E-state index contributed by atoms with van der Waals surface area (Å²) in [6.45, 7) is 3.73. The van der Waals surface area contributed by atoms with Crippen LogP contribution in [0, 0.1) is 19.7 Å². The van der Waals surface area contributed by atoms with Gasteiger partial charge in [-0.1, -0.05) is 27.2 Å². The molecule has 0 saturated heterocycles. The largest absolute Gasteiger partial charge is 0.356 e. The van der Waals surface area contributed by atoms with Crippen LogP contribution in [0.25, 0.3) is 11.3 Å². The first-order chi connectivity index (χ1) is 7.63. The lowest BCUT2D eigenvalue weighted by Gasteiger charge is -2.01. The fraction of sp³-hybridized carbons (Fsp3) is 0.250. The first-order valence-corrected chi connectivity index (χ1v) is 6.03. The average Bonchev–Trinajstić information content (AvgIpc) is 2.60. The van der Waals surface area contributed by atoms with E-state index in [9.17, 15) is 4.39 Å². The Morgan fingerprint density at radius 2 is 2.12 bits per heavy atom. The average molecular weight is 284 g/mol. The van der Waals surface area contributed by atoms with Crippen LogP contribution in [0.5, 0.6) is 0 Å². The van der Waals surface area contributed by atoms with Crippen LogP contribution in [-0.2, 0) is 5.33 Å². The number of hydrogen-bond donors (Lipinski definition) is 0. The van der Waals surface area contributed by atoms with Gasteiger partial charge in [0.1, 0.15) is 5.82 Å². The molecule has 0 radical (unpaired) electrons. The van der Waals surface area contributed by atoms with Gasteiger partial charge in [0.05, 0.1) is 11.3 Å². The highest BCUT2D eigenvalue weighted by Crippen LogP contribution is 2.29. The number of alkyl halides is 1. The molecule has 2 rings (SSSR count). The van der Waals surface area contributed by atoms with E-state index in [0.717, 1.165) is 16.8 Å². The second kappa shape index (κ2) is 4.37. The lowest BCUT2D eigenvalue weighted by molar-refractivity contribution is 0.424. The molecule has 0 saturated carbocycles. The maximum absolute atomic E-state index is 13.7. The number of nitrogens with zero attached hydrogens (tertiary/aromatic N) is 1. The van der Waals surface area contributed by atoms with Crippen molar-refractivity contribution in [2.24, 2.45) is 0 Å². The molecule has 0 bridgehead atoms. The van der Waals surface area contributed by atoms with Gasteiger partial charge in [-0.3, -0.25) is 0 Å². The Morgan fingerprint density at radius 1 is 1.38 bits per heavy atom. The molecule has 0 amide bonds. The fourth-order valence-corrected chi connectivity index (χ4v) is 2.07. The smallest absolute Gasteiger partial charge is 0.172 e. The Morgan fingerprint density at radius 3 is 2.69 bits per heavy atom. The van der Waals surface area contributed by atoms with Gasteiger partial charge in [-0.2, -0.15) is 0 Å². The quantitative estimate of drug-likeness (QED) is 0.779. The summed E-state index contributed by atoms with van der Waals surface area (Å²) in [5, 5.41) is 4.49. The molecule has 4 heteroatoms. The number of halogens is 2. The Kier molecular flexibility index (Phi) is 3.10. The topological polar surface area (TPSA) is 26.0 Å². The Labute approximate surface area is 102 Å². The molecule has 0 atom stereocenters. The van der Waals surface area contributed by atoms with Crippen molar-refractivity contribution in [2.75, 3.05) is 0 Å². The minimum absolute atomic E-state index is 0.277. The van der Waals surface area contributed by atoms with Crippen molar-refractivity contribution in [1.29, 1.82) is 0 Å². The van der Waals surface area contributed by atoms with Crippen LogP contribution in [0.2, 0.25) is 0 Å². The minimum Gasteiger partial charge on any atom is -0.356 e. The standard InChI is InChI=1S/C12H11BrFNO/c1-7-3-4-9(10(14)5-7)12-8(2)11(6-13)15-16-12/h3-5H,6H2,1-2H3. The van der Waals surface area contributed by atoms with E-state index in [4.69, 9.17) is 4.52 Å². The van der Waals surface area contributed by atoms with Crippen LogP contribution in [0.4, 0.5) is 4.39 Å². The van der Waals surface area contributed by atoms with Gasteiger partial charge in [0.2, 0.25) is 0 Å². The van der Waals surface area contributed by atoms with Gasteiger partial charge >= 0.3 is 0 Å². The van der Waals surface area contributed by atoms with E-state index in [1.807, 2.05) is 19.9 Å². The van der Waals surface area contributed by atoms with E-state index in [1.54, 1.807) is 6.07 Å². The van der Waals surface area contributed by atoms with Crippen molar-refractivity contribution >= 4 is 15.9 Å². The summed E-state index contributed by atoms with van der Waals surface area (Å²) in [4.78, 5) is 0. The first-order valence-electron chi connectivity index (χ1n) is 4.91. The molecule has 0 aliphatic heterocycles. The van der Waals surface area contributed by atoms with E-state index in [0.29, 0.717) is 16.7 Å². The zero-order valence-electron chi connectivity index (χ0n) is 9.05. The summed E-state index contributed by atoms with van der Waals surface area (Å²) in [6.07, 6.45) is 0. The Balaban J connectivity index is 2.54. The monoisotopic (exact) mass is 283 g/mol. The maximum Gasteiger partial charge on any atom is 0.172 e. The Bertz CT molecular complexity index is 522. The summed E-state index contributed by atoms with van der Waals surface area (Å²) in [6, 6.07) is 5.06. The number of benzene rings is 1. The molecule has 16 heavy (non-hydrogen) atoms. The van der Waals surface area contributed by atoms with Crippen LogP contribution in [0.15, 0.2) is 22.7 Å². The van der Waals surface area contributed by atoms with Crippen LogP contribution in [-0.4, -0.2) is 5.16 Å². The molecule has 2 nitrogen and oxygen atoms in total. The summed E-state index contributed by atoms with van der Waals surface area (Å²) >= 11 is 3.31. The molecule has 0 N–H and O–H groups in total. The number of aryl methyl sites for hydroxylation is 1. The van der Waals surface area contributed by atoms with E-state index < -0.39 is 0 Å². The highest BCUT2D eigenvalue weighted by atomic mass is 79.9. The predicted molar refractivity (Wildman–Crippen MR) is 64.0 cm³/mol. The molecule has 0 unspecified atom stereocenters. The highest BCUT2D eigenvalue weighted by Gasteiger charge is 2.16. The second-order valence-electron chi connectivity index (χ2n) is 3.70. The van der Waals surface area contributed by atoms with E-state index in [2.05, 4.69) is 21.1 Å². The molecule has 1 aromatic heterocycles. The van der Waals surface area contributed by atoms with Gasteiger partial charge < -0.3 is 4.52 Å². The van der Waals surface area contributed by atoms with Gasteiger partial charge in [-0.05, 0) is 31.5 Å². The van der Waals surface area contributed by atoms with Crippen molar-refractivity contribution in [3.63, 3.8) is 0 Å². The second-order valence-corrected chi connectivity index (χ2v) is 4.26.